The summed E-state index contributed by atoms with van der Waals surface area (Å²) >= 11 is 3.01. The van der Waals surface area contributed by atoms with Crippen LogP contribution in [-0.2, 0) is 22.4 Å². The Morgan fingerprint density at radius 1 is 1.23 bits per heavy atom. The fraction of sp³-hybridized carbons (Fsp3) is 0.458. The molecule has 2 aliphatic rings. The molecule has 0 bridgehead atoms. The molecule has 1 aliphatic heterocycles. The molecule has 0 spiro atoms. The Hall–Kier alpha value is -2.89. The molecular weight excluding hydrogens is 484 g/mol. The molecule has 1 fully saturated rings. The molecule has 0 radical (unpaired) electrons. The maximum Gasteiger partial charge on any atom is 0.226 e. The van der Waals surface area contributed by atoms with Gasteiger partial charge in [-0.3, -0.25) is 4.79 Å². The van der Waals surface area contributed by atoms with Gasteiger partial charge in [-0.25, -0.2) is 9.97 Å². The summed E-state index contributed by atoms with van der Waals surface area (Å²) in [5, 5.41) is 8.65. The van der Waals surface area contributed by atoms with Gasteiger partial charge in [0.2, 0.25) is 5.91 Å². The highest BCUT2D eigenvalue weighted by atomic mass is 32.1. The maximum absolute atomic E-state index is 13.3. The van der Waals surface area contributed by atoms with Crippen LogP contribution >= 0.6 is 22.9 Å². The first-order valence-electron chi connectivity index (χ1n) is 11.8. The first kappa shape index (κ1) is 22.6. The van der Waals surface area contributed by atoms with Crippen LogP contribution in [0.1, 0.15) is 30.7 Å². The summed E-state index contributed by atoms with van der Waals surface area (Å²) in [5.41, 5.74) is 2.86. The Labute approximate surface area is 210 Å². The lowest BCUT2D eigenvalue weighted by atomic mass is 9.86. The van der Waals surface area contributed by atoms with E-state index in [9.17, 15) is 4.79 Å². The maximum atomic E-state index is 13.3. The number of carbonyl (C=O) groups is 1. The van der Waals surface area contributed by atoms with Gasteiger partial charge in [0.1, 0.15) is 28.2 Å². The summed E-state index contributed by atoms with van der Waals surface area (Å²) in [5.74, 6) is 1.68. The van der Waals surface area contributed by atoms with E-state index in [4.69, 9.17) is 9.47 Å². The zero-order chi connectivity index (χ0) is 24.1. The van der Waals surface area contributed by atoms with Gasteiger partial charge in [-0.05, 0) is 56.3 Å². The number of anilines is 2. The SMILES string of the molecule is COc1cc2nnsc2cc1Nc1ncnc2sc3c(c12)CC[C@H](C(=O)N1C[C@@H](C)O[C@H](C)C1)C3. The molecule has 9 nitrogen and oxygen atoms in total. The van der Waals surface area contributed by atoms with E-state index >= 15 is 0 Å². The van der Waals surface area contributed by atoms with Crippen molar-refractivity contribution >= 4 is 60.7 Å². The lowest BCUT2D eigenvalue weighted by Gasteiger charge is -2.37. The zero-order valence-corrected chi connectivity index (χ0v) is 21.4. The van der Waals surface area contributed by atoms with Crippen LogP contribution in [0.25, 0.3) is 20.4 Å². The van der Waals surface area contributed by atoms with Crippen LogP contribution in [0.15, 0.2) is 18.5 Å². The number of carbonyl (C=O) groups excluding carboxylic acids is 1. The van der Waals surface area contributed by atoms with Crippen LogP contribution in [0.3, 0.4) is 0 Å². The minimum absolute atomic E-state index is 0.00115. The summed E-state index contributed by atoms with van der Waals surface area (Å²) in [4.78, 5) is 26.6. The monoisotopic (exact) mass is 510 g/mol. The second kappa shape index (κ2) is 8.96. The molecule has 4 heterocycles. The normalized spacial score (nSPS) is 22.4. The average Bonchev–Trinajstić information content (AvgIpc) is 3.46. The molecular formula is C24H26N6O3S2. The summed E-state index contributed by atoms with van der Waals surface area (Å²) in [6, 6.07) is 3.87. The lowest BCUT2D eigenvalue weighted by Crippen LogP contribution is -2.50. The van der Waals surface area contributed by atoms with Gasteiger partial charge < -0.3 is 19.7 Å². The van der Waals surface area contributed by atoms with Gasteiger partial charge in [0.25, 0.3) is 0 Å². The molecule has 1 N–H and O–H groups in total. The number of amides is 1. The molecule has 35 heavy (non-hydrogen) atoms. The van der Waals surface area contributed by atoms with E-state index in [1.54, 1.807) is 24.8 Å². The highest BCUT2D eigenvalue weighted by Gasteiger charge is 2.34. The number of hydrogen-bond donors (Lipinski definition) is 1. The number of aryl methyl sites for hydroxylation is 1. The molecule has 1 aliphatic carbocycles. The molecule has 1 saturated heterocycles. The van der Waals surface area contributed by atoms with Gasteiger partial charge >= 0.3 is 0 Å². The van der Waals surface area contributed by atoms with Gasteiger partial charge in [-0.1, -0.05) is 4.49 Å². The third kappa shape index (κ3) is 4.11. The minimum Gasteiger partial charge on any atom is -0.494 e. The van der Waals surface area contributed by atoms with Crippen molar-refractivity contribution in [2.75, 3.05) is 25.5 Å². The molecule has 1 aromatic carbocycles. The van der Waals surface area contributed by atoms with Crippen molar-refractivity contribution in [3.63, 3.8) is 0 Å². The summed E-state index contributed by atoms with van der Waals surface area (Å²) in [6.45, 7) is 5.40. The van der Waals surface area contributed by atoms with Crippen molar-refractivity contribution < 1.29 is 14.3 Å². The molecule has 3 atom stereocenters. The van der Waals surface area contributed by atoms with E-state index in [1.807, 2.05) is 30.9 Å². The highest BCUT2D eigenvalue weighted by molar-refractivity contribution is 7.19. The largest absolute Gasteiger partial charge is 0.494 e. The predicted octanol–water partition coefficient (Wildman–Crippen LogP) is 4.19. The minimum atomic E-state index is -0.00115. The molecule has 0 unspecified atom stereocenters. The molecule has 6 rings (SSSR count). The number of fused-ring (bicyclic) bond motifs is 4. The van der Waals surface area contributed by atoms with Crippen molar-refractivity contribution in [3.05, 3.63) is 28.9 Å². The van der Waals surface area contributed by atoms with E-state index < -0.39 is 0 Å². The molecule has 3 aromatic heterocycles. The Morgan fingerprint density at radius 2 is 2.06 bits per heavy atom. The number of thiophene rings is 1. The van der Waals surface area contributed by atoms with Crippen LogP contribution in [0.4, 0.5) is 11.5 Å². The average molecular weight is 511 g/mol. The Kier molecular flexibility index (Phi) is 5.78. The van der Waals surface area contributed by atoms with Gasteiger partial charge in [-0.2, -0.15) is 0 Å². The van der Waals surface area contributed by atoms with Crippen molar-refractivity contribution in [2.24, 2.45) is 5.92 Å². The standard InChI is InChI=1S/C24H26N6O3S2/c1-12-9-30(10-13(2)33-12)24(31)14-4-5-15-19(6-14)34-23-21(15)22(25-11-26-23)27-16-8-20-17(28-29-35-20)7-18(16)32-3/h7-8,11-14H,4-6,9-10H2,1-3H3,(H,25,26,27)/t12-,13-,14+/m1/s1. The number of aromatic nitrogens is 4. The summed E-state index contributed by atoms with van der Waals surface area (Å²) < 4.78 is 16.4. The second-order valence-corrected chi connectivity index (χ2v) is 11.1. The molecule has 0 saturated carbocycles. The number of benzene rings is 1. The van der Waals surface area contributed by atoms with E-state index in [0.29, 0.717) is 18.8 Å². The quantitative estimate of drug-likeness (QED) is 0.436. The number of rotatable bonds is 4. The fourth-order valence-electron chi connectivity index (χ4n) is 5.23. The van der Waals surface area contributed by atoms with Gasteiger partial charge in [0, 0.05) is 30.0 Å². The van der Waals surface area contributed by atoms with Crippen LogP contribution in [0.2, 0.25) is 0 Å². The molecule has 11 heteroatoms. The third-order valence-electron chi connectivity index (χ3n) is 6.75. The number of nitrogens with zero attached hydrogens (tertiary/aromatic N) is 5. The lowest BCUT2D eigenvalue weighted by molar-refractivity contribution is -0.147. The van der Waals surface area contributed by atoms with Crippen LogP contribution in [0, 0.1) is 5.92 Å². The van der Waals surface area contributed by atoms with Crippen LogP contribution < -0.4 is 10.1 Å². The topological polar surface area (TPSA) is 102 Å². The van der Waals surface area contributed by atoms with Crippen molar-refractivity contribution in [2.45, 2.75) is 45.3 Å². The van der Waals surface area contributed by atoms with Crippen molar-refractivity contribution in [1.29, 1.82) is 0 Å². The van der Waals surface area contributed by atoms with E-state index in [0.717, 1.165) is 51.2 Å². The molecule has 182 valence electrons. The molecule has 4 aromatic rings. The Morgan fingerprint density at radius 3 is 2.86 bits per heavy atom. The third-order valence-corrected chi connectivity index (χ3v) is 8.60. The highest BCUT2D eigenvalue weighted by Crippen LogP contribution is 2.42. The van der Waals surface area contributed by atoms with Gasteiger partial charge in [-0.15, -0.1) is 16.4 Å². The number of ether oxygens (including phenoxy) is 2. The Bertz CT molecular complexity index is 1410. The Balaban J connectivity index is 1.30. The molecule has 1 amide bonds. The summed E-state index contributed by atoms with van der Waals surface area (Å²) in [7, 11) is 1.64. The van der Waals surface area contributed by atoms with Crippen LogP contribution in [-0.4, -0.2) is 62.8 Å². The number of nitrogens with one attached hydrogen (secondary N) is 1. The van der Waals surface area contributed by atoms with Crippen molar-refractivity contribution in [1.82, 2.24) is 24.5 Å². The van der Waals surface area contributed by atoms with Crippen molar-refractivity contribution in [3.8, 4) is 5.75 Å². The van der Waals surface area contributed by atoms with Crippen LogP contribution in [0.5, 0.6) is 5.75 Å². The first-order chi connectivity index (χ1) is 17.0. The summed E-state index contributed by atoms with van der Waals surface area (Å²) in [6.07, 6.45) is 4.15. The zero-order valence-electron chi connectivity index (χ0n) is 19.8. The predicted molar refractivity (Wildman–Crippen MR) is 137 cm³/mol. The smallest absolute Gasteiger partial charge is 0.226 e. The number of hydrogen-bond acceptors (Lipinski definition) is 10. The van der Waals surface area contributed by atoms with Gasteiger partial charge in [0.05, 0.1) is 35.1 Å². The number of morpholine rings is 1. The van der Waals surface area contributed by atoms with Gasteiger partial charge in [0.15, 0.2) is 0 Å². The number of methoxy groups -OCH3 is 1. The first-order valence-corrected chi connectivity index (χ1v) is 13.4. The van der Waals surface area contributed by atoms with E-state index in [2.05, 4.69) is 24.9 Å². The van der Waals surface area contributed by atoms with E-state index in [-0.39, 0.29) is 24.0 Å². The fourth-order valence-corrected chi connectivity index (χ4v) is 7.08. The second-order valence-electron chi connectivity index (χ2n) is 9.26. The van der Waals surface area contributed by atoms with E-state index in [1.165, 1.54) is 22.0 Å².